The Kier molecular flexibility index (Phi) is 10.1. The highest BCUT2D eigenvalue weighted by Gasteiger charge is 2.39. The van der Waals surface area contributed by atoms with Gasteiger partial charge < -0.3 is 20.1 Å². The van der Waals surface area contributed by atoms with Crippen LogP contribution in [0.15, 0.2) is 30.3 Å². The zero-order chi connectivity index (χ0) is 26.2. The highest BCUT2D eigenvalue weighted by atomic mass is 16.6. The lowest BCUT2D eigenvalue weighted by molar-refractivity contribution is -0.145. The van der Waals surface area contributed by atoms with Crippen LogP contribution in [-0.2, 0) is 30.3 Å². The molecular weight excluding hydrogens is 450 g/mol. The van der Waals surface area contributed by atoms with Gasteiger partial charge in [0, 0.05) is 13.0 Å². The van der Waals surface area contributed by atoms with E-state index in [9.17, 15) is 19.2 Å². The molecule has 35 heavy (non-hydrogen) atoms. The summed E-state index contributed by atoms with van der Waals surface area (Å²) in [6, 6.07) is 6.80. The maximum absolute atomic E-state index is 13.3. The molecule has 0 radical (unpaired) electrons. The zero-order valence-corrected chi connectivity index (χ0v) is 21.6. The smallest absolute Gasteiger partial charge is 0.410 e. The first kappa shape index (κ1) is 28.1. The summed E-state index contributed by atoms with van der Waals surface area (Å²) in [5.41, 5.74) is 0.188. The van der Waals surface area contributed by atoms with E-state index in [1.165, 1.54) is 12.0 Å². The Morgan fingerprint density at radius 2 is 1.77 bits per heavy atom. The molecule has 2 N–H and O–H groups in total. The van der Waals surface area contributed by atoms with E-state index in [0.29, 0.717) is 25.8 Å². The van der Waals surface area contributed by atoms with Gasteiger partial charge in [0.1, 0.15) is 23.7 Å². The Labute approximate surface area is 207 Å². The monoisotopic (exact) mass is 489 g/mol. The van der Waals surface area contributed by atoms with Crippen LogP contribution in [0.4, 0.5) is 4.79 Å². The number of ether oxygens (including phenoxy) is 2. The molecule has 0 aromatic heterocycles. The van der Waals surface area contributed by atoms with E-state index in [1.54, 1.807) is 20.8 Å². The third-order valence-corrected chi connectivity index (χ3v) is 6.06. The van der Waals surface area contributed by atoms with Crippen molar-refractivity contribution in [3.8, 4) is 0 Å². The van der Waals surface area contributed by atoms with Gasteiger partial charge in [0.25, 0.3) is 0 Å². The van der Waals surface area contributed by atoms with Crippen molar-refractivity contribution >= 4 is 23.9 Å². The van der Waals surface area contributed by atoms with Gasteiger partial charge in [-0.2, -0.15) is 0 Å². The van der Waals surface area contributed by atoms with E-state index in [0.717, 1.165) is 5.56 Å². The molecule has 2 rings (SSSR count). The Bertz CT molecular complexity index is 883. The highest BCUT2D eigenvalue weighted by Crippen LogP contribution is 2.22. The number of esters is 1. The Morgan fingerprint density at radius 1 is 1.11 bits per heavy atom. The van der Waals surface area contributed by atoms with Crippen LogP contribution in [0.5, 0.6) is 0 Å². The van der Waals surface area contributed by atoms with Crippen molar-refractivity contribution in [2.24, 2.45) is 5.92 Å². The van der Waals surface area contributed by atoms with E-state index in [1.807, 2.05) is 44.2 Å². The van der Waals surface area contributed by atoms with Gasteiger partial charge in [-0.25, -0.2) is 9.59 Å². The van der Waals surface area contributed by atoms with Gasteiger partial charge in [-0.05, 0) is 45.1 Å². The molecule has 1 aliphatic rings. The van der Waals surface area contributed by atoms with E-state index >= 15 is 0 Å². The van der Waals surface area contributed by atoms with Crippen LogP contribution in [0.2, 0.25) is 0 Å². The van der Waals surface area contributed by atoms with Crippen LogP contribution in [-0.4, -0.2) is 66.2 Å². The Morgan fingerprint density at radius 3 is 2.34 bits per heavy atom. The molecule has 3 amide bonds. The van der Waals surface area contributed by atoms with Crippen LogP contribution in [0, 0.1) is 5.92 Å². The zero-order valence-electron chi connectivity index (χ0n) is 21.6. The number of benzene rings is 1. The van der Waals surface area contributed by atoms with Crippen LogP contribution in [0.1, 0.15) is 59.4 Å². The minimum absolute atomic E-state index is 0.203. The van der Waals surface area contributed by atoms with Crippen LogP contribution in [0.3, 0.4) is 0 Å². The fourth-order valence-electron chi connectivity index (χ4n) is 3.98. The Hall–Kier alpha value is -3.10. The van der Waals surface area contributed by atoms with Crippen LogP contribution >= 0.6 is 0 Å². The molecule has 1 fully saturated rings. The molecule has 1 saturated heterocycles. The van der Waals surface area contributed by atoms with Gasteiger partial charge in [-0.3, -0.25) is 14.5 Å². The van der Waals surface area contributed by atoms with Crippen molar-refractivity contribution < 1.29 is 28.7 Å². The summed E-state index contributed by atoms with van der Waals surface area (Å²) in [6.07, 6.45) is 1.49. The van der Waals surface area contributed by atoms with Crippen LogP contribution in [0.25, 0.3) is 0 Å². The number of amides is 3. The molecule has 4 atom stereocenters. The lowest BCUT2D eigenvalue weighted by Gasteiger charge is -2.30. The topological polar surface area (TPSA) is 114 Å². The largest absolute Gasteiger partial charge is 0.467 e. The molecule has 0 aliphatic carbocycles. The summed E-state index contributed by atoms with van der Waals surface area (Å²) in [5.74, 6) is -1.65. The van der Waals surface area contributed by atoms with Gasteiger partial charge in [0.05, 0.1) is 7.11 Å². The van der Waals surface area contributed by atoms with Crippen molar-refractivity contribution in [1.29, 1.82) is 0 Å². The molecule has 1 aromatic carbocycles. The van der Waals surface area contributed by atoms with E-state index in [-0.39, 0.29) is 12.3 Å². The standard InChI is InChI=1S/C26H39N3O6/c1-7-17(2)21(23(31)27-19(24(32)34-6)16-18-12-9-8-10-13-18)28-22(30)20-14-11-15-29(20)25(33)35-26(3,4)5/h8-10,12-13,17,19-21H,7,11,14-16H2,1-6H3,(H,27,31)(H,28,30)/t17-,19-,20-,21-/m0/s1. The lowest BCUT2D eigenvalue weighted by atomic mass is 9.96. The van der Waals surface area contributed by atoms with Gasteiger partial charge in [-0.1, -0.05) is 50.6 Å². The van der Waals surface area contributed by atoms with Crippen molar-refractivity contribution in [1.82, 2.24) is 15.5 Å². The quantitative estimate of drug-likeness (QED) is 0.516. The number of hydrogen-bond acceptors (Lipinski definition) is 6. The summed E-state index contributed by atoms with van der Waals surface area (Å²) in [6.45, 7) is 9.50. The second kappa shape index (κ2) is 12.6. The number of rotatable bonds is 9. The first-order valence-corrected chi connectivity index (χ1v) is 12.2. The Balaban J connectivity index is 2.14. The fraction of sp³-hybridized carbons (Fsp3) is 0.615. The van der Waals surface area contributed by atoms with Gasteiger partial charge in [0.15, 0.2) is 0 Å². The highest BCUT2D eigenvalue weighted by molar-refractivity contribution is 5.93. The number of carbonyl (C=O) groups is 4. The van der Waals surface area contributed by atoms with Crippen LogP contribution < -0.4 is 10.6 Å². The van der Waals surface area contributed by atoms with Gasteiger partial charge >= 0.3 is 12.1 Å². The number of carbonyl (C=O) groups excluding carboxylic acids is 4. The normalized spacial score (nSPS) is 18.2. The molecular formula is C26H39N3O6. The average Bonchev–Trinajstić information content (AvgIpc) is 3.31. The second-order valence-corrected chi connectivity index (χ2v) is 9.98. The summed E-state index contributed by atoms with van der Waals surface area (Å²) in [7, 11) is 1.27. The first-order chi connectivity index (χ1) is 16.5. The lowest BCUT2D eigenvalue weighted by Crippen LogP contribution is -2.57. The second-order valence-electron chi connectivity index (χ2n) is 9.98. The summed E-state index contributed by atoms with van der Waals surface area (Å²) >= 11 is 0. The molecule has 0 unspecified atom stereocenters. The predicted molar refractivity (Wildman–Crippen MR) is 131 cm³/mol. The molecule has 9 nitrogen and oxygen atoms in total. The number of nitrogens with zero attached hydrogens (tertiary/aromatic N) is 1. The molecule has 1 aromatic rings. The molecule has 0 saturated carbocycles. The minimum Gasteiger partial charge on any atom is -0.467 e. The van der Waals surface area contributed by atoms with E-state index in [4.69, 9.17) is 9.47 Å². The van der Waals surface area contributed by atoms with Gasteiger partial charge in [-0.15, -0.1) is 0 Å². The number of hydrogen-bond donors (Lipinski definition) is 2. The molecule has 194 valence electrons. The van der Waals surface area contributed by atoms with Crippen molar-refractivity contribution in [2.75, 3.05) is 13.7 Å². The number of likely N-dealkylation sites (tertiary alicyclic amines) is 1. The molecule has 9 heteroatoms. The summed E-state index contributed by atoms with van der Waals surface area (Å²) < 4.78 is 10.3. The third-order valence-electron chi connectivity index (χ3n) is 6.06. The molecule has 0 spiro atoms. The maximum atomic E-state index is 13.3. The first-order valence-electron chi connectivity index (χ1n) is 12.2. The van der Waals surface area contributed by atoms with Crippen molar-refractivity contribution in [3.63, 3.8) is 0 Å². The maximum Gasteiger partial charge on any atom is 0.410 e. The summed E-state index contributed by atoms with van der Waals surface area (Å²) in [4.78, 5) is 52.9. The molecule has 1 aliphatic heterocycles. The fourth-order valence-corrected chi connectivity index (χ4v) is 3.98. The van der Waals surface area contributed by atoms with Crippen molar-refractivity contribution in [2.45, 2.75) is 84.0 Å². The predicted octanol–water partition coefficient (Wildman–Crippen LogP) is 2.82. The SMILES string of the molecule is CC[C@H](C)[C@H](NC(=O)[C@@H]1CCCN1C(=O)OC(C)(C)C)C(=O)N[C@@H](Cc1ccccc1)C(=O)OC. The van der Waals surface area contributed by atoms with Gasteiger partial charge in [0.2, 0.25) is 11.8 Å². The number of nitrogens with one attached hydrogen (secondary N) is 2. The number of methoxy groups -OCH3 is 1. The van der Waals surface area contributed by atoms with Crippen molar-refractivity contribution in [3.05, 3.63) is 35.9 Å². The van der Waals surface area contributed by atoms with E-state index < -0.39 is 47.6 Å². The third kappa shape index (κ3) is 8.26. The summed E-state index contributed by atoms with van der Waals surface area (Å²) in [5, 5.41) is 5.59. The molecule has 0 bridgehead atoms. The average molecular weight is 490 g/mol. The minimum atomic E-state index is -0.900. The molecule has 1 heterocycles. The van der Waals surface area contributed by atoms with E-state index in [2.05, 4.69) is 10.6 Å².